The van der Waals surface area contributed by atoms with E-state index in [4.69, 9.17) is 22.3 Å². The summed E-state index contributed by atoms with van der Waals surface area (Å²) in [7, 11) is 2.10. The van der Waals surface area contributed by atoms with Crippen molar-refractivity contribution in [2.75, 3.05) is 7.05 Å². The number of fused-ring (bicyclic) bond motifs is 1. The highest BCUT2D eigenvalue weighted by Gasteiger charge is 2.30. The molecule has 0 bridgehead atoms. The van der Waals surface area contributed by atoms with Gasteiger partial charge in [-0.15, -0.1) is 11.3 Å². The molecule has 5 nitrogen and oxygen atoms in total. The molecule has 4 aromatic rings. The van der Waals surface area contributed by atoms with Gasteiger partial charge in [0.2, 0.25) is 0 Å². The fraction of sp³-hybridized carbons (Fsp3) is 0.318. The predicted molar refractivity (Wildman–Crippen MR) is 120 cm³/mol. The minimum atomic E-state index is 0.552. The van der Waals surface area contributed by atoms with Crippen LogP contribution in [-0.4, -0.2) is 31.3 Å². The lowest BCUT2D eigenvalue weighted by Gasteiger charge is -2.14. The van der Waals surface area contributed by atoms with Gasteiger partial charge >= 0.3 is 0 Å². The second-order valence-corrected chi connectivity index (χ2v) is 9.20. The van der Waals surface area contributed by atoms with Crippen molar-refractivity contribution in [2.45, 2.75) is 38.5 Å². The molecule has 0 spiro atoms. The number of thiazole rings is 1. The van der Waals surface area contributed by atoms with Crippen molar-refractivity contribution in [2.24, 2.45) is 0 Å². The van der Waals surface area contributed by atoms with Crippen LogP contribution in [-0.2, 0) is 19.8 Å². The van der Waals surface area contributed by atoms with Crippen LogP contribution in [0.15, 0.2) is 54.6 Å². The molecule has 2 heterocycles. The van der Waals surface area contributed by atoms with E-state index in [2.05, 4.69) is 59.0 Å². The molecule has 1 saturated carbocycles. The van der Waals surface area contributed by atoms with Crippen molar-refractivity contribution in [3.63, 3.8) is 0 Å². The Kier molecular flexibility index (Phi) is 5.03. The van der Waals surface area contributed by atoms with Crippen LogP contribution in [0.2, 0.25) is 0 Å². The maximum Gasteiger partial charge on any atom is 0.199 e. The molecule has 0 saturated heterocycles. The zero-order chi connectivity index (χ0) is 19.8. The Balaban J connectivity index is 1.36. The molecule has 1 fully saturated rings. The Morgan fingerprint density at radius 1 is 1.10 bits per heavy atom. The third-order valence-corrected chi connectivity index (χ3v) is 6.65. The summed E-state index contributed by atoms with van der Waals surface area (Å²) < 4.78 is 6.22. The Morgan fingerprint density at radius 3 is 2.62 bits per heavy atom. The largest absolute Gasteiger partial charge is 0.299 e. The summed E-state index contributed by atoms with van der Waals surface area (Å²) in [6.45, 7) is 2.23. The molecule has 0 N–H and O–H groups in total. The van der Waals surface area contributed by atoms with E-state index in [0.717, 1.165) is 34.2 Å². The molecule has 2 aromatic carbocycles. The van der Waals surface area contributed by atoms with Crippen molar-refractivity contribution >= 4 is 33.8 Å². The van der Waals surface area contributed by atoms with Gasteiger partial charge in [-0.1, -0.05) is 42.5 Å². The molecule has 0 unspecified atom stereocenters. The average molecular weight is 422 g/mol. The monoisotopic (exact) mass is 421 g/mol. The molecule has 1 aliphatic carbocycles. The highest BCUT2D eigenvalue weighted by atomic mass is 32.1. The molecule has 0 atom stereocenters. The lowest BCUT2D eigenvalue weighted by Crippen LogP contribution is -2.22. The second kappa shape index (κ2) is 7.82. The van der Waals surface area contributed by atoms with Crippen molar-refractivity contribution < 1.29 is 0 Å². The number of hydrogen-bond acceptors (Lipinski definition) is 5. The van der Waals surface area contributed by atoms with Crippen LogP contribution in [0.1, 0.15) is 35.2 Å². The lowest BCUT2D eigenvalue weighted by atomic mass is 10.2. The van der Waals surface area contributed by atoms with E-state index < -0.39 is 0 Å². The van der Waals surface area contributed by atoms with Crippen molar-refractivity contribution in [1.82, 2.24) is 24.2 Å². The summed E-state index contributed by atoms with van der Waals surface area (Å²) in [6.07, 6.45) is 2.42. The summed E-state index contributed by atoms with van der Waals surface area (Å²) >= 11 is 7.57. The summed E-state index contributed by atoms with van der Waals surface area (Å²) in [5, 5.41) is 6.03. The van der Waals surface area contributed by atoms with Crippen LogP contribution in [0.3, 0.4) is 0 Å². The van der Waals surface area contributed by atoms with Crippen LogP contribution in [0, 0.1) is 4.77 Å². The van der Waals surface area contributed by atoms with Gasteiger partial charge < -0.3 is 0 Å². The standard InChI is InChI=1S/C22H23N5S2/c1-25(14-20-23-18-9-5-6-10-19(18)29-20)15-27-22(28)26(21(24-27)17-11-12-17)13-16-7-3-2-4-8-16/h2-10,17H,11-15H2,1H3. The fourth-order valence-corrected chi connectivity index (χ4v) is 4.91. The molecule has 29 heavy (non-hydrogen) atoms. The van der Waals surface area contributed by atoms with Gasteiger partial charge in [0, 0.05) is 5.92 Å². The molecule has 2 aromatic heterocycles. The van der Waals surface area contributed by atoms with E-state index >= 15 is 0 Å². The summed E-state index contributed by atoms with van der Waals surface area (Å²) in [6, 6.07) is 18.8. The van der Waals surface area contributed by atoms with Gasteiger partial charge in [0.25, 0.3) is 0 Å². The molecule has 0 aliphatic heterocycles. The fourth-order valence-electron chi connectivity index (χ4n) is 3.61. The Hall–Kier alpha value is -2.35. The first-order valence-electron chi connectivity index (χ1n) is 9.92. The zero-order valence-corrected chi connectivity index (χ0v) is 18.0. The summed E-state index contributed by atoms with van der Waals surface area (Å²) in [4.78, 5) is 6.98. The van der Waals surface area contributed by atoms with E-state index in [1.807, 2.05) is 16.8 Å². The molecule has 0 amide bonds. The number of para-hydroxylation sites is 1. The highest BCUT2D eigenvalue weighted by molar-refractivity contribution is 7.71. The van der Waals surface area contributed by atoms with Crippen molar-refractivity contribution in [1.29, 1.82) is 0 Å². The molecule has 0 radical (unpaired) electrons. The number of rotatable bonds is 7. The smallest absolute Gasteiger partial charge is 0.199 e. The quantitative estimate of drug-likeness (QED) is 0.392. The van der Waals surface area contributed by atoms with Crippen molar-refractivity contribution in [3.05, 3.63) is 75.8 Å². The van der Waals surface area contributed by atoms with Crippen LogP contribution in [0.5, 0.6) is 0 Å². The lowest BCUT2D eigenvalue weighted by molar-refractivity contribution is 0.243. The summed E-state index contributed by atoms with van der Waals surface area (Å²) in [5.74, 6) is 1.68. The third-order valence-electron chi connectivity index (χ3n) is 5.20. The number of hydrogen-bond donors (Lipinski definition) is 0. The van der Waals surface area contributed by atoms with Gasteiger partial charge in [0.1, 0.15) is 10.8 Å². The highest BCUT2D eigenvalue weighted by Crippen LogP contribution is 2.39. The second-order valence-electron chi connectivity index (χ2n) is 7.72. The van der Waals surface area contributed by atoms with Gasteiger partial charge in [-0.3, -0.25) is 9.47 Å². The van der Waals surface area contributed by atoms with Gasteiger partial charge in [-0.25, -0.2) is 9.67 Å². The van der Waals surface area contributed by atoms with Gasteiger partial charge in [-0.2, -0.15) is 5.10 Å². The first kappa shape index (κ1) is 18.7. The Morgan fingerprint density at radius 2 is 1.86 bits per heavy atom. The average Bonchev–Trinajstić information content (AvgIpc) is 3.42. The van der Waals surface area contributed by atoms with E-state index in [-0.39, 0.29) is 0 Å². The number of aromatic nitrogens is 4. The Bertz CT molecular complexity index is 1150. The molecule has 148 valence electrons. The van der Waals surface area contributed by atoms with E-state index in [9.17, 15) is 0 Å². The molecule has 5 rings (SSSR count). The molecule has 1 aliphatic rings. The van der Waals surface area contributed by atoms with Crippen LogP contribution >= 0.6 is 23.6 Å². The van der Waals surface area contributed by atoms with Gasteiger partial charge in [0.05, 0.1) is 30.0 Å². The number of nitrogens with zero attached hydrogens (tertiary/aromatic N) is 5. The maximum absolute atomic E-state index is 5.82. The third kappa shape index (κ3) is 4.03. The number of benzene rings is 2. The SMILES string of the molecule is CN(Cc1nc2ccccc2s1)Cn1nc(C2CC2)n(Cc2ccccc2)c1=S. The van der Waals surface area contributed by atoms with Crippen LogP contribution in [0.25, 0.3) is 10.2 Å². The van der Waals surface area contributed by atoms with Crippen molar-refractivity contribution in [3.8, 4) is 0 Å². The molecular formula is C22H23N5S2. The molecule has 7 heteroatoms. The topological polar surface area (TPSA) is 38.9 Å². The normalized spacial score (nSPS) is 14.1. The van der Waals surface area contributed by atoms with Crippen LogP contribution in [0.4, 0.5) is 0 Å². The van der Waals surface area contributed by atoms with E-state index in [1.165, 1.54) is 23.1 Å². The predicted octanol–water partition coefficient (Wildman–Crippen LogP) is 5.04. The van der Waals surface area contributed by atoms with Gasteiger partial charge in [0.15, 0.2) is 4.77 Å². The van der Waals surface area contributed by atoms with Gasteiger partial charge in [-0.05, 0) is 49.8 Å². The minimum absolute atomic E-state index is 0.552. The molecular weight excluding hydrogens is 398 g/mol. The first-order chi connectivity index (χ1) is 14.2. The first-order valence-corrected chi connectivity index (χ1v) is 11.1. The van der Waals surface area contributed by atoms with Crippen LogP contribution < -0.4 is 0 Å². The summed E-state index contributed by atoms with van der Waals surface area (Å²) in [5.41, 5.74) is 2.33. The van der Waals surface area contributed by atoms with E-state index in [0.29, 0.717) is 12.6 Å². The van der Waals surface area contributed by atoms with E-state index in [1.54, 1.807) is 11.3 Å². The zero-order valence-electron chi connectivity index (χ0n) is 16.4. The Labute approximate surface area is 179 Å². The minimum Gasteiger partial charge on any atom is -0.299 e. The maximum atomic E-state index is 5.82.